The van der Waals surface area contributed by atoms with Gasteiger partial charge < -0.3 is 14.8 Å². The summed E-state index contributed by atoms with van der Waals surface area (Å²) < 4.78 is 47.9. The first-order valence-corrected chi connectivity index (χ1v) is 6.56. The number of methoxy groups -OCH3 is 2. The molecule has 0 aromatic heterocycles. The lowest BCUT2D eigenvalue weighted by Crippen LogP contribution is -2.06. The number of ether oxygens (including phenoxy) is 2. The molecule has 0 bridgehead atoms. The van der Waals surface area contributed by atoms with Gasteiger partial charge in [-0.05, 0) is 29.8 Å². The van der Waals surface area contributed by atoms with Crippen LogP contribution < -0.4 is 14.8 Å². The summed E-state index contributed by atoms with van der Waals surface area (Å²) in [4.78, 5) is 0. The van der Waals surface area contributed by atoms with Crippen molar-refractivity contribution in [2.24, 2.45) is 0 Å². The molecule has 2 aromatic carbocycles. The minimum Gasteiger partial charge on any atom is -0.497 e. The molecule has 22 heavy (non-hydrogen) atoms. The van der Waals surface area contributed by atoms with Gasteiger partial charge in [-0.1, -0.05) is 12.1 Å². The molecule has 0 atom stereocenters. The highest BCUT2D eigenvalue weighted by Gasteiger charge is 2.29. The van der Waals surface area contributed by atoms with Crippen LogP contribution in [0.1, 0.15) is 11.1 Å². The molecule has 3 nitrogen and oxygen atoms in total. The first-order valence-electron chi connectivity index (χ1n) is 6.56. The van der Waals surface area contributed by atoms with E-state index in [4.69, 9.17) is 9.47 Å². The molecule has 0 radical (unpaired) electrons. The second-order valence-electron chi connectivity index (χ2n) is 4.61. The topological polar surface area (TPSA) is 30.5 Å². The summed E-state index contributed by atoms with van der Waals surface area (Å²) in [5.41, 5.74) is 0.787. The van der Waals surface area contributed by atoms with Crippen LogP contribution in [0, 0.1) is 0 Å². The van der Waals surface area contributed by atoms with E-state index >= 15 is 0 Å². The number of benzene rings is 2. The molecule has 0 heterocycles. The van der Waals surface area contributed by atoms with E-state index in [9.17, 15) is 13.2 Å². The lowest BCUT2D eigenvalue weighted by molar-refractivity contribution is -0.137. The predicted octanol–water partition coefficient (Wildman–Crippen LogP) is 4.33. The molecule has 0 aliphatic rings. The maximum Gasteiger partial charge on any atom is 0.416 e. The average Bonchev–Trinajstić information content (AvgIpc) is 2.52. The second-order valence-corrected chi connectivity index (χ2v) is 4.61. The van der Waals surface area contributed by atoms with E-state index in [1.165, 1.54) is 12.1 Å². The summed E-state index contributed by atoms with van der Waals surface area (Å²) in [6.45, 7) is 0.377. The zero-order valence-electron chi connectivity index (χ0n) is 12.2. The van der Waals surface area contributed by atoms with Crippen molar-refractivity contribution in [1.82, 2.24) is 0 Å². The summed E-state index contributed by atoms with van der Waals surface area (Å²) in [5.74, 6) is 1.29. The molecule has 0 unspecified atom stereocenters. The van der Waals surface area contributed by atoms with Crippen molar-refractivity contribution in [3.05, 3.63) is 53.6 Å². The Labute approximate surface area is 126 Å². The van der Waals surface area contributed by atoms with Crippen LogP contribution >= 0.6 is 0 Å². The summed E-state index contributed by atoms with van der Waals surface area (Å²) in [6.07, 6.45) is -4.32. The Kier molecular flexibility index (Phi) is 4.80. The van der Waals surface area contributed by atoms with Crippen molar-refractivity contribution >= 4 is 5.69 Å². The number of alkyl halides is 3. The van der Waals surface area contributed by atoms with Gasteiger partial charge in [-0.15, -0.1) is 0 Å². The van der Waals surface area contributed by atoms with Crippen LogP contribution in [0.5, 0.6) is 11.5 Å². The average molecular weight is 311 g/mol. The number of rotatable bonds is 5. The normalized spacial score (nSPS) is 11.1. The van der Waals surface area contributed by atoms with E-state index in [1.807, 2.05) is 0 Å². The molecule has 0 saturated heterocycles. The van der Waals surface area contributed by atoms with Gasteiger partial charge in [0.25, 0.3) is 0 Å². The van der Waals surface area contributed by atoms with E-state index in [0.717, 1.165) is 17.7 Å². The third-order valence-electron chi connectivity index (χ3n) is 3.17. The minimum absolute atomic E-state index is 0.377. The van der Waals surface area contributed by atoms with Gasteiger partial charge in [0.1, 0.15) is 11.5 Å². The quantitative estimate of drug-likeness (QED) is 0.891. The molecule has 0 fully saturated rings. The smallest absolute Gasteiger partial charge is 0.416 e. The van der Waals surface area contributed by atoms with Crippen LogP contribution in [-0.2, 0) is 12.7 Å². The van der Waals surface area contributed by atoms with Crippen LogP contribution in [0.4, 0.5) is 18.9 Å². The molecular weight excluding hydrogens is 295 g/mol. The lowest BCUT2D eigenvalue weighted by atomic mass is 10.1. The van der Waals surface area contributed by atoms with Gasteiger partial charge in [-0.3, -0.25) is 0 Å². The Morgan fingerprint density at radius 2 is 1.64 bits per heavy atom. The second kappa shape index (κ2) is 6.60. The van der Waals surface area contributed by atoms with Crippen molar-refractivity contribution in [2.45, 2.75) is 12.7 Å². The first kappa shape index (κ1) is 16.0. The molecule has 0 amide bonds. The van der Waals surface area contributed by atoms with Gasteiger partial charge in [0.05, 0.1) is 25.5 Å². The summed E-state index contributed by atoms with van der Waals surface area (Å²) in [7, 11) is 3.10. The van der Waals surface area contributed by atoms with Crippen molar-refractivity contribution in [3.63, 3.8) is 0 Å². The molecule has 1 N–H and O–H groups in total. The maximum atomic E-state index is 12.5. The fourth-order valence-corrected chi connectivity index (χ4v) is 1.96. The van der Waals surface area contributed by atoms with Crippen LogP contribution in [-0.4, -0.2) is 14.2 Å². The lowest BCUT2D eigenvalue weighted by Gasteiger charge is -2.13. The SMILES string of the molecule is COc1ccc(OC)c(NCc2ccc(C(F)(F)F)cc2)c1. The Balaban J connectivity index is 2.09. The van der Waals surface area contributed by atoms with E-state index in [2.05, 4.69) is 5.32 Å². The maximum absolute atomic E-state index is 12.5. The Hall–Kier alpha value is -2.37. The highest BCUT2D eigenvalue weighted by molar-refractivity contribution is 5.59. The molecule has 118 valence electrons. The van der Waals surface area contributed by atoms with Gasteiger partial charge in [-0.25, -0.2) is 0 Å². The zero-order valence-corrected chi connectivity index (χ0v) is 12.2. The number of hydrogen-bond donors (Lipinski definition) is 1. The summed E-state index contributed by atoms with van der Waals surface area (Å²) in [6, 6.07) is 10.3. The standard InChI is InChI=1S/C16H16F3NO2/c1-21-13-7-8-15(22-2)14(9-13)20-10-11-3-5-12(6-4-11)16(17,18)19/h3-9,20H,10H2,1-2H3. The fraction of sp³-hybridized carbons (Fsp3) is 0.250. The van der Waals surface area contributed by atoms with Gasteiger partial charge in [-0.2, -0.15) is 13.2 Å². The Morgan fingerprint density at radius 3 is 2.18 bits per heavy atom. The third-order valence-corrected chi connectivity index (χ3v) is 3.17. The Bertz CT molecular complexity index is 624. The fourth-order valence-electron chi connectivity index (χ4n) is 1.96. The van der Waals surface area contributed by atoms with Crippen molar-refractivity contribution in [2.75, 3.05) is 19.5 Å². The van der Waals surface area contributed by atoms with Crippen LogP contribution in [0.25, 0.3) is 0 Å². The molecule has 6 heteroatoms. The molecule has 2 aromatic rings. The molecule has 2 rings (SSSR count). The van der Waals surface area contributed by atoms with Gasteiger partial charge >= 0.3 is 6.18 Å². The highest BCUT2D eigenvalue weighted by atomic mass is 19.4. The van der Waals surface area contributed by atoms with Gasteiger partial charge in [0.2, 0.25) is 0 Å². The monoisotopic (exact) mass is 311 g/mol. The van der Waals surface area contributed by atoms with Gasteiger partial charge in [0.15, 0.2) is 0 Å². The van der Waals surface area contributed by atoms with E-state index < -0.39 is 11.7 Å². The number of hydrogen-bond acceptors (Lipinski definition) is 3. The van der Waals surface area contributed by atoms with E-state index in [-0.39, 0.29) is 0 Å². The summed E-state index contributed by atoms with van der Waals surface area (Å²) >= 11 is 0. The molecule has 0 spiro atoms. The largest absolute Gasteiger partial charge is 0.497 e. The van der Waals surface area contributed by atoms with Crippen LogP contribution in [0.3, 0.4) is 0 Å². The minimum atomic E-state index is -4.32. The molecule has 0 saturated carbocycles. The van der Waals surface area contributed by atoms with Crippen molar-refractivity contribution in [3.8, 4) is 11.5 Å². The number of halogens is 3. The van der Waals surface area contributed by atoms with Crippen LogP contribution in [0.2, 0.25) is 0 Å². The predicted molar refractivity (Wildman–Crippen MR) is 78.3 cm³/mol. The first-order chi connectivity index (χ1) is 10.4. The number of nitrogens with one attached hydrogen (secondary N) is 1. The highest BCUT2D eigenvalue weighted by Crippen LogP contribution is 2.31. The Morgan fingerprint density at radius 1 is 0.955 bits per heavy atom. The summed E-state index contributed by atoms with van der Waals surface area (Å²) in [5, 5.41) is 3.13. The van der Waals surface area contributed by atoms with E-state index in [1.54, 1.807) is 32.4 Å². The van der Waals surface area contributed by atoms with E-state index in [0.29, 0.717) is 23.7 Å². The number of anilines is 1. The van der Waals surface area contributed by atoms with Crippen LogP contribution in [0.15, 0.2) is 42.5 Å². The van der Waals surface area contributed by atoms with Crippen molar-refractivity contribution < 1.29 is 22.6 Å². The molecular formula is C16H16F3NO2. The molecule has 0 aliphatic carbocycles. The molecule has 0 aliphatic heterocycles. The van der Waals surface area contributed by atoms with Crippen molar-refractivity contribution in [1.29, 1.82) is 0 Å². The zero-order chi connectivity index (χ0) is 16.2. The third kappa shape index (κ3) is 3.84. The van der Waals surface area contributed by atoms with Gasteiger partial charge in [0, 0.05) is 12.6 Å².